The molecule has 3 aromatic rings. The number of hydrogen-bond acceptors (Lipinski definition) is 5. The van der Waals surface area contributed by atoms with Crippen LogP contribution in [0.3, 0.4) is 0 Å². The van der Waals surface area contributed by atoms with E-state index in [0.29, 0.717) is 33.4 Å². The number of nitrogens with one attached hydrogen (secondary N) is 1. The average molecular weight is 524 g/mol. The molecule has 2 N–H and O–H groups in total. The lowest BCUT2D eigenvalue weighted by molar-refractivity contribution is -0.123. The van der Waals surface area contributed by atoms with E-state index in [2.05, 4.69) is 17.2 Å². The van der Waals surface area contributed by atoms with Crippen molar-refractivity contribution in [3.05, 3.63) is 64.9 Å². The van der Waals surface area contributed by atoms with Gasteiger partial charge in [-0.25, -0.2) is 14.2 Å². The van der Waals surface area contributed by atoms with Crippen LogP contribution in [0, 0.1) is 17.7 Å². The quantitative estimate of drug-likeness (QED) is 0.370. The molecule has 1 aromatic carbocycles. The topological polar surface area (TPSA) is 99.6 Å². The Labute approximate surface area is 219 Å². The number of pyridine rings is 1. The van der Waals surface area contributed by atoms with Crippen LogP contribution in [0.25, 0.3) is 10.4 Å². The molecule has 0 aliphatic heterocycles. The number of carboxylic acid groups (broad SMARTS) is 1. The molecule has 0 spiro atoms. The molecule has 0 bridgehead atoms. The molecule has 194 valence electrons. The number of halogens is 1. The lowest BCUT2D eigenvalue weighted by Crippen LogP contribution is -2.42. The van der Waals surface area contributed by atoms with E-state index in [-0.39, 0.29) is 22.7 Å². The van der Waals surface area contributed by atoms with Gasteiger partial charge in [-0.15, -0.1) is 11.3 Å². The average Bonchev–Trinajstić information content (AvgIpc) is 3.30. The van der Waals surface area contributed by atoms with Crippen molar-refractivity contribution >= 4 is 40.6 Å². The fraction of sp³-hybridized carbons (Fsp3) is 0.357. The highest BCUT2D eigenvalue weighted by molar-refractivity contribution is 7.18. The van der Waals surface area contributed by atoms with Crippen molar-refractivity contribution in [1.29, 1.82) is 0 Å². The first-order valence-electron chi connectivity index (χ1n) is 12.4. The largest absolute Gasteiger partial charge is 0.477 e. The first kappa shape index (κ1) is 26.5. The number of aromatic carboxylic acids is 1. The molecule has 7 nitrogen and oxygen atoms in total. The van der Waals surface area contributed by atoms with Gasteiger partial charge >= 0.3 is 5.97 Å². The molecule has 0 radical (unpaired) electrons. The number of hydrogen-bond donors (Lipinski definition) is 2. The summed E-state index contributed by atoms with van der Waals surface area (Å²) in [6, 6.07) is 10.1. The molecule has 37 heavy (non-hydrogen) atoms. The van der Waals surface area contributed by atoms with Crippen LogP contribution in [0.15, 0.2) is 48.7 Å². The SMILES string of the molecule is CC(C)N(c1cc(-c2ccc(NC(=O)c3ccc(F)cc3)nc2)sc1C(=O)O)C(=O)[C@H]1CC[C@H](C)CC1. The summed E-state index contributed by atoms with van der Waals surface area (Å²) < 4.78 is 13.1. The van der Waals surface area contributed by atoms with Gasteiger partial charge in [-0.05, 0) is 87.9 Å². The van der Waals surface area contributed by atoms with Crippen LogP contribution >= 0.6 is 11.3 Å². The van der Waals surface area contributed by atoms with Crippen LogP contribution in [0.1, 0.15) is 66.5 Å². The summed E-state index contributed by atoms with van der Waals surface area (Å²) in [7, 11) is 0. The third kappa shape index (κ3) is 6.05. The molecule has 1 aliphatic rings. The predicted octanol–water partition coefficient (Wildman–Crippen LogP) is 6.47. The maximum absolute atomic E-state index is 13.5. The number of nitrogens with zero attached hydrogens (tertiary/aromatic N) is 2. The maximum atomic E-state index is 13.5. The van der Waals surface area contributed by atoms with Crippen LogP contribution in [0.4, 0.5) is 15.9 Å². The van der Waals surface area contributed by atoms with Gasteiger partial charge in [0.15, 0.2) is 0 Å². The van der Waals surface area contributed by atoms with E-state index < -0.39 is 17.7 Å². The van der Waals surface area contributed by atoms with Crippen molar-refractivity contribution in [2.24, 2.45) is 11.8 Å². The van der Waals surface area contributed by atoms with Gasteiger partial charge in [-0.2, -0.15) is 0 Å². The van der Waals surface area contributed by atoms with Crippen molar-refractivity contribution in [3.8, 4) is 10.4 Å². The van der Waals surface area contributed by atoms with Crippen LogP contribution in [0.2, 0.25) is 0 Å². The third-order valence-electron chi connectivity index (χ3n) is 6.68. The third-order valence-corrected chi connectivity index (χ3v) is 7.84. The maximum Gasteiger partial charge on any atom is 0.348 e. The number of anilines is 2. The van der Waals surface area contributed by atoms with Gasteiger partial charge in [0.05, 0.1) is 5.69 Å². The second kappa shape index (κ2) is 11.2. The molecule has 2 aromatic heterocycles. The molecule has 2 amide bonds. The lowest BCUT2D eigenvalue weighted by atomic mass is 9.82. The van der Waals surface area contributed by atoms with Crippen LogP contribution in [-0.4, -0.2) is 33.9 Å². The summed E-state index contributed by atoms with van der Waals surface area (Å²) >= 11 is 1.09. The molecule has 0 saturated heterocycles. The van der Waals surface area contributed by atoms with Gasteiger partial charge < -0.3 is 15.3 Å². The molecule has 0 unspecified atom stereocenters. The Kier molecular flexibility index (Phi) is 8.02. The molecular weight excluding hydrogens is 493 g/mol. The van der Waals surface area contributed by atoms with E-state index >= 15 is 0 Å². The minimum Gasteiger partial charge on any atom is -0.477 e. The highest BCUT2D eigenvalue weighted by Crippen LogP contribution is 2.40. The van der Waals surface area contributed by atoms with Crippen molar-refractivity contribution in [1.82, 2.24) is 4.98 Å². The Bertz CT molecular complexity index is 1280. The molecule has 9 heteroatoms. The Morgan fingerprint density at radius 3 is 2.32 bits per heavy atom. The first-order valence-corrected chi connectivity index (χ1v) is 13.2. The number of carbonyl (C=O) groups excluding carboxylic acids is 2. The predicted molar refractivity (Wildman–Crippen MR) is 143 cm³/mol. The second-order valence-corrected chi connectivity index (χ2v) is 10.8. The van der Waals surface area contributed by atoms with Crippen molar-refractivity contribution < 1.29 is 23.9 Å². The Morgan fingerprint density at radius 2 is 1.76 bits per heavy atom. The van der Waals surface area contributed by atoms with Gasteiger partial charge in [0.1, 0.15) is 16.5 Å². The van der Waals surface area contributed by atoms with E-state index in [1.165, 1.54) is 24.3 Å². The lowest BCUT2D eigenvalue weighted by Gasteiger charge is -2.33. The second-order valence-electron chi connectivity index (χ2n) is 9.78. The summed E-state index contributed by atoms with van der Waals surface area (Å²) in [6.07, 6.45) is 5.18. The highest BCUT2D eigenvalue weighted by atomic mass is 32.1. The summed E-state index contributed by atoms with van der Waals surface area (Å²) in [5.41, 5.74) is 1.37. The molecular formula is C28H30FN3O4S. The number of rotatable bonds is 7. The van der Waals surface area contributed by atoms with Gasteiger partial charge in [0.25, 0.3) is 5.91 Å². The zero-order valence-electron chi connectivity index (χ0n) is 21.0. The van der Waals surface area contributed by atoms with Gasteiger partial charge in [-0.3, -0.25) is 9.59 Å². The molecule has 1 aliphatic carbocycles. The summed E-state index contributed by atoms with van der Waals surface area (Å²) in [5, 5.41) is 12.6. The zero-order chi connectivity index (χ0) is 26.7. The normalized spacial score (nSPS) is 17.4. The van der Waals surface area contributed by atoms with Gasteiger partial charge in [0, 0.05) is 34.2 Å². The van der Waals surface area contributed by atoms with E-state index in [4.69, 9.17) is 0 Å². The van der Waals surface area contributed by atoms with Crippen LogP contribution < -0.4 is 10.2 Å². The molecule has 1 saturated carbocycles. The monoisotopic (exact) mass is 523 g/mol. The smallest absolute Gasteiger partial charge is 0.348 e. The number of aromatic nitrogens is 1. The zero-order valence-corrected chi connectivity index (χ0v) is 21.8. The number of amides is 2. The fourth-order valence-electron chi connectivity index (χ4n) is 4.61. The number of carbonyl (C=O) groups is 3. The minimum atomic E-state index is -1.09. The summed E-state index contributed by atoms with van der Waals surface area (Å²) in [5.74, 6) is -1.15. The van der Waals surface area contributed by atoms with Gasteiger partial charge in [-0.1, -0.05) is 6.92 Å². The van der Waals surface area contributed by atoms with Crippen molar-refractivity contribution in [2.45, 2.75) is 52.5 Å². The minimum absolute atomic E-state index is 0.0225. The van der Waals surface area contributed by atoms with Crippen LogP contribution in [0.5, 0.6) is 0 Å². The van der Waals surface area contributed by atoms with Crippen LogP contribution in [-0.2, 0) is 4.79 Å². The van der Waals surface area contributed by atoms with E-state index in [0.717, 1.165) is 37.0 Å². The summed E-state index contributed by atoms with van der Waals surface area (Å²) in [6.45, 7) is 5.99. The van der Waals surface area contributed by atoms with E-state index in [1.807, 2.05) is 13.8 Å². The van der Waals surface area contributed by atoms with Crippen molar-refractivity contribution in [3.63, 3.8) is 0 Å². The summed E-state index contributed by atoms with van der Waals surface area (Å²) in [4.78, 5) is 44.7. The Balaban J connectivity index is 1.57. The number of benzene rings is 1. The molecule has 0 atom stereocenters. The molecule has 4 rings (SSSR count). The van der Waals surface area contributed by atoms with Gasteiger partial charge in [0.2, 0.25) is 5.91 Å². The number of carboxylic acids is 1. The Morgan fingerprint density at radius 1 is 1.08 bits per heavy atom. The van der Waals surface area contributed by atoms with Crippen molar-refractivity contribution in [2.75, 3.05) is 10.2 Å². The highest BCUT2D eigenvalue weighted by Gasteiger charge is 2.33. The standard InChI is InChI=1S/C28H30FN3O4S/c1-16(2)32(27(34)19-6-4-17(3)5-7-19)22-14-23(37-25(22)28(35)36)20-10-13-24(30-15-20)31-26(33)18-8-11-21(29)12-9-18/h8-17,19H,4-7H2,1-3H3,(H,35,36)(H,30,31,33)/t17-,19-. The first-order chi connectivity index (χ1) is 17.6. The Hall–Kier alpha value is -3.59. The van der Waals surface area contributed by atoms with E-state index in [9.17, 15) is 23.9 Å². The van der Waals surface area contributed by atoms with E-state index in [1.54, 1.807) is 29.3 Å². The molecule has 1 fully saturated rings. The number of thiophene rings is 1. The fourth-order valence-corrected chi connectivity index (χ4v) is 5.59. The molecule has 2 heterocycles.